The fraction of sp³-hybridized carbons (Fsp3) is 0.188. The number of carbonyl (C=O) groups is 1. The Morgan fingerprint density at radius 1 is 1.15 bits per heavy atom. The van der Waals surface area contributed by atoms with Crippen molar-refractivity contribution in [3.8, 4) is 5.75 Å². The van der Waals surface area contributed by atoms with Gasteiger partial charge in [0.1, 0.15) is 0 Å². The standard InChI is InChI=1S/C16H17N3O6S/c1-26(23,24)18-13-7-3-2-6-12(13)10-17-16(20)11-25-15-9-5-4-8-14(15)19(21)22/h2-9,18H,10-11H2,1H3,(H,17,20). The van der Waals surface area contributed by atoms with E-state index in [0.717, 1.165) is 6.26 Å². The molecule has 0 saturated heterocycles. The van der Waals surface area contributed by atoms with Crippen LogP contribution in [-0.4, -0.2) is 32.1 Å². The molecule has 2 rings (SSSR count). The van der Waals surface area contributed by atoms with Crippen molar-refractivity contribution in [3.63, 3.8) is 0 Å². The van der Waals surface area contributed by atoms with Crippen molar-refractivity contribution in [1.29, 1.82) is 0 Å². The van der Waals surface area contributed by atoms with Gasteiger partial charge in [0, 0.05) is 12.6 Å². The molecule has 0 aliphatic heterocycles. The number of rotatable bonds is 8. The van der Waals surface area contributed by atoms with Gasteiger partial charge in [-0.3, -0.25) is 19.6 Å². The van der Waals surface area contributed by atoms with Gasteiger partial charge in [-0.2, -0.15) is 0 Å². The molecule has 0 aliphatic carbocycles. The zero-order valence-corrected chi connectivity index (χ0v) is 14.7. The Hall–Kier alpha value is -3.14. The van der Waals surface area contributed by atoms with Gasteiger partial charge in [0.25, 0.3) is 5.91 Å². The van der Waals surface area contributed by atoms with Crippen LogP contribution in [0.3, 0.4) is 0 Å². The van der Waals surface area contributed by atoms with Gasteiger partial charge >= 0.3 is 5.69 Å². The molecule has 2 N–H and O–H groups in total. The highest BCUT2D eigenvalue weighted by molar-refractivity contribution is 7.92. The number of hydrogen-bond acceptors (Lipinski definition) is 6. The number of ether oxygens (including phenoxy) is 1. The molecule has 2 aromatic carbocycles. The van der Waals surface area contributed by atoms with Gasteiger partial charge in [-0.1, -0.05) is 30.3 Å². The number of nitrogens with one attached hydrogen (secondary N) is 2. The first kappa shape index (κ1) is 19.2. The van der Waals surface area contributed by atoms with Crippen molar-refractivity contribution in [2.24, 2.45) is 0 Å². The second-order valence-corrected chi connectivity index (χ2v) is 7.07. The number of carbonyl (C=O) groups excluding carboxylic acids is 1. The van der Waals surface area contributed by atoms with Crippen molar-refractivity contribution < 1.29 is 22.9 Å². The Kier molecular flexibility index (Phi) is 6.12. The lowest BCUT2D eigenvalue weighted by atomic mass is 10.2. The summed E-state index contributed by atoms with van der Waals surface area (Å²) < 4.78 is 30.3. The Morgan fingerprint density at radius 3 is 2.50 bits per heavy atom. The molecule has 26 heavy (non-hydrogen) atoms. The van der Waals surface area contributed by atoms with E-state index >= 15 is 0 Å². The zero-order chi connectivity index (χ0) is 19.2. The van der Waals surface area contributed by atoms with Crippen LogP contribution in [0.4, 0.5) is 11.4 Å². The van der Waals surface area contributed by atoms with Crippen molar-refractivity contribution in [3.05, 3.63) is 64.2 Å². The average molecular weight is 379 g/mol. The number of hydrogen-bond donors (Lipinski definition) is 2. The molecule has 10 heteroatoms. The van der Waals surface area contributed by atoms with Crippen molar-refractivity contribution in [1.82, 2.24) is 5.32 Å². The monoisotopic (exact) mass is 379 g/mol. The molecule has 0 radical (unpaired) electrons. The fourth-order valence-corrected chi connectivity index (χ4v) is 2.69. The SMILES string of the molecule is CS(=O)(=O)Nc1ccccc1CNC(=O)COc1ccccc1[N+](=O)[O-]. The first-order chi connectivity index (χ1) is 12.3. The molecule has 138 valence electrons. The van der Waals surface area contributed by atoms with Gasteiger partial charge in [0.15, 0.2) is 12.4 Å². The van der Waals surface area contributed by atoms with Gasteiger partial charge in [-0.05, 0) is 17.7 Å². The molecular weight excluding hydrogens is 362 g/mol. The second-order valence-electron chi connectivity index (χ2n) is 5.32. The number of nitro benzene ring substituents is 1. The van der Waals surface area contributed by atoms with Crippen LogP contribution in [0.15, 0.2) is 48.5 Å². The lowest BCUT2D eigenvalue weighted by molar-refractivity contribution is -0.385. The summed E-state index contributed by atoms with van der Waals surface area (Å²) in [6, 6.07) is 12.3. The molecule has 0 aliphatic rings. The van der Waals surface area contributed by atoms with E-state index in [0.29, 0.717) is 11.3 Å². The number of nitro groups is 1. The third kappa shape index (κ3) is 5.74. The molecule has 0 aromatic heterocycles. The van der Waals surface area contributed by atoms with Gasteiger partial charge in [0.05, 0.1) is 16.9 Å². The molecule has 0 fully saturated rings. The van der Waals surface area contributed by atoms with E-state index in [1.165, 1.54) is 18.2 Å². The maximum absolute atomic E-state index is 11.9. The van der Waals surface area contributed by atoms with Crippen LogP contribution in [-0.2, 0) is 21.4 Å². The maximum atomic E-state index is 11.9. The van der Waals surface area contributed by atoms with Crippen molar-refractivity contribution in [2.45, 2.75) is 6.54 Å². The summed E-state index contributed by atoms with van der Waals surface area (Å²) in [5.74, 6) is -0.510. The normalized spacial score (nSPS) is 10.8. The highest BCUT2D eigenvalue weighted by Gasteiger charge is 2.15. The van der Waals surface area contributed by atoms with E-state index in [-0.39, 0.29) is 18.0 Å². The van der Waals surface area contributed by atoms with Crippen LogP contribution in [0.5, 0.6) is 5.75 Å². The quantitative estimate of drug-likeness (QED) is 0.530. The molecule has 9 nitrogen and oxygen atoms in total. The second kappa shape index (κ2) is 8.30. The van der Waals surface area contributed by atoms with E-state index in [9.17, 15) is 23.3 Å². The van der Waals surface area contributed by atoms with Gasteiger partial charge < -0.3 is 10.1 Å². The summed E-state index contributed by atoms with van der Waals surface area (Å²) in [6.45, 7) is -0.343. The predicted molar refractivity (Wildman–Crippen MR) is 95.3 cm³/mol. The summed E-state index contributed by atoms with van der Waals surface area (Å²) in [5, 5.41) is 13.5. The molecule has 2 aromatic rings. The predicted octanol–water partition coefficient (Wildman–Crippen LogP) is 1.66. The average Bonchev–Trinajstić information content (AvgIpc) is 2.58. The summed E-state index contributed by atoms with van der Waals surface area (Å²) in [7, 11) is -3.45. The van der Waals surface area contributed by atoms with Crippen LogP contribution in [0.25, 0.3) is 0 Å². The minimum atomic E-state index is -3.45. The molecule has 0 heterocycles. The summed E-state index contributed by atoms with van der Waals surface area (Å²) >= 11 is 0. The van der Waals surface area contributed by atoms with E-state index < -0.39 is 27.5 Å². The summed E-state index contributed by atoms with van der Waals surface area (Å²) in [6.07, 6.45) is 1.03. The Morgan fingerprint density at radius 2 is 1.81 bits per heavy atom. The number of anilines is 1. The first-order valence-electron chi connectivity index (χ1n) is 7.45. The number of nitrogens with zero attached hydrogens (tertiary/aromatic N) is 1. The number of benzene rings is 2. The molecule has 1 amide bonds. The largest absolute Gasteiger partial charge is 0.477 e. The van der Waals surface area contributed by atoms with Gasteiger partial charge in [-0.15, -0.1) is 0 Å². The minimum Gasteiger partial charge on any atom is -0.477 e. The Bertz CT molecular complexity index is 914. The van der Waals surface area contributed by atoms with Crippen LogP contribution in [0.1, 0.15) is 5.56 Å². The molecule has 0 saturated carbocycles. The van der Waals surface area contributed by atoms with Gasteiger partial charge in [0.2, 0.25) is 10.0 Å². The maximum Gasteiger partial charge on any atom is 0.310 e. The molecule has 0 unspecified atom stereocenters. The van der Waals surface area contributed by atoms with E-state index in [2.05, 4.69) is 10.0 Å². The van der Waals surface area contributed by atoms with Crippen LogP contribution < -0.4 is 14.8 Å². The molecule has 0 bridgehead atoms. The lowest BCUT2D eigenvalue weighted by Crippen LogP contribution is -2.29. The number of sulfonamides is 1. The van der Waals surface area contributed by atoms with Crippen LogP contribution >= 0.6 is 0 Å². The molecule has 0 spiro atoms. The first-order valence-corrected chi connectivity index (χ1v) is 9.34. The van der Waals surface area contributed by atoms with E-state index in [1.54, 1.807) is 30.3 Å². The highest BCUT2D eigenvalue weighted by atomic mass is 32.2. The topological polar surface area (TPSA) is 128 Å². The van der Waals surface area contributed by atoms with Crippen LogP contribution in [0, 0.1) is 10.1 Å². The Labute approximate surface area is 150 Å². The van der Waals surface area contributed by atoms with Crippen molar-refractivity contribution in [2.75, 3.05) is 17.6 Å². The van der Waals surface area contributed by atoms with Crippen molar-refractivity contribution >= 4 is 27.3 Å². The molecular formula is C16H17N3O6S. The zero-order valence-electron chi connectivity index (χ0n) is 13.8. The smallest absolute Gasteiger partial charge is 0.310 e. The lowest BCUT2D eigenvalue weighted by Gasteiger charge is -2.12. The van der Waals surface area contributed by atoms with E-state index in [4.69, 9.17) is 4.74 Å². The summed E-state index contributed by atoms with van der Waals surface area (Å²) in [5.41, 5.74) is 0.690. The molecule has 0 atom stereocenters. The van der Waals surface area contributed by atoms with Gasteiger partial charge in [-0.25, -0.2) is 8.42 Å². The van der Waals surface area contributed by atoms with Crippen LogP contribution in [0.2, 0.25) is 0 Å². The highest BCUT2D eigenvalue weighted by Crippen LogP contribution is 2.25. The number of para-hydroxylation sites is 3. The van der Waals surface area contributed by atoms with E-state index in [1.807, 2.05) is 0 Å². The summed E-state index contributed by atoms with van der Waals surface area (Å²) in [4.78, 5) is 22.2. The fourth-order valence-electron chi connectivity index (χ4n) is 2.09. The number of amides is 1. The third-order valence-corrected chi connectivity index (χ3v) is 3.80. The minimum absolute atomic E-state index is 0.00760. The third-order valence-electron chi connectivity index (χ3n) is 3.21. The Balaban J connectivity index is 1.95.